The number of hydrogen-bond donors (Lipinski definition) is 2. The van der Waals surface area contributed by atoms with Crippen LogP contribution < -0.4 is 16.2 Å². The van der Waals surface area contributed by atoms with E-state index in [0.29, 0.717) is 23.7 Å². The highest BCUT2D eigenvalue weighted by atomic mass is 16.5. The molecule has 84 valence electrons. The first-order valence-electron chi connectivity index (χ1n) is 4.98. The Kier molecular flexibility index (Phi) is 2.72. The Morgan fingerprint density at radius 3 is 2.62 bits per heavy atom. The third-order valence-corrected chi connectivity index (χ3v) is 2.42. The van der Waals surface area contributed by atoms with Crippen LogP contribution in [-0.2, 0) is 6.61 Å². The molecule has 4 N–H and O–H groups in total. The third kappa shape index (κ3) is 1.95. The van der Waals surface area contributed by atoms with Crippen molar-refractivity contribution < 1.29 is 9.15 Å². The van der Waals surface area contributed by atoms with Crippen LogP contribution in [0.3, 0.4) is 0 Å². The second-order valence-corrected chi connectivity index (χ2v) is 3.57. The second-order valence-electron chi connectivity index (χ2n) is 3.57. The smallest absolute Gasteiger partial charge is 0.147 e. The van der Waals surface area contributed by atoms with Gasteiger partial charge in [-0.25, -0.2) is 0 Å². The third-order valence-electron chi connectivity index (χ3n) is 2.42. The topological polar surface area (TPSA) is 74.4 Å². The molecular weight excluding hydrogens is 204 g/mol. The van der Waals surface area contributed by atoms with Crippen molar-refractivity contribution in [2.45, 2.75) is 13.5 Å². The summed E-state index contributed by atoms with van der Waals surface area (Å²) in [5, 5.41) is 0. The Bertz CT molecular complexity index is 478. The van der Waals surface area contributed by atoms with Crippen molar-refractivity contribution in [1.29, 1.82) is 0 Å². The second kappa shape index (κ2) is 4.18. The van der Waals surface area contributed by atoms with E-state index in [0.717, 1.165) is 11.3 Å². The summed E-state index contributed by atoms with van der Waals surface area (Å²) in [6.45, 7) is 2.23. The Morgan fingerprint density at radius 1 is 1.19 bits per heavy atom. The standard InChI is InChI=1S/C12H14N2O2/c1-8-10(13)4-5-11(14)12(8)16-7-9-3-2-6-15-9/h2-6H,7,13-14H2,1H3. The number of furan rings is 1. The minimum absolute atomic E-state index is 0.349. The van der Waals surface area contributed by atoms with Crippen LogP contribution in [0.5, 0.6) is 5.75 Å². The molecule has 0 atom stereocenters. The number of nitrogen functional groups attached to an aromatic ring is 2. The lowest BCUT2D eigenvalue weighted by Gasteiger charge is -2.12. The fourth-order valence-electron chi connectivity index (χ4n) is 1.46. The highest BCUT2D eigenvalue weighted by Crippen LogP contribution is 2.30. The molecule has 0 aliphatic rings. The van der Waals surface area contributed by atoms with Gasteiger partial charge in [0.15, 0.2) is 0 Å². The van der Waals surface area contributed by atoms with Crippen LogP contribution in [-0.4, -0.2) is 0 Å². The summed E-state index contributed by atoms with van der Waals surface area (Å²) in [6, 6.07) is 7.16. The van der Waals surface area contributed by atoms with Crippen molar-refractivity contribution in [3.63, 3.8) is 0 Å². The summed E-state index contributed by atoms with van der Waals surface area (Å²) in [6.07, 6.45) is 1.61. The number of anilines is 2. The molecule has 1 aromatic carbocycles. The van der Waals surface area contributed by atoms with E-state index >= 15 is 0 Å². The lowest BCUT2D eigenvalue weighted by Crippen LogP contribution is -2.02. The molecule has 0 radical (unpaired) electrons. The largest absolute Gasteiger partial charge is 0.483 e. The van der Waals surface area contributed by atoms with Gasteiger partial charge in [0.1, 0.15) is 18.1 Å². The molecule has 4 heteroatoms. The van der Waals surface area contributed by atoms with E-state index in [2.05, 4.69) is 0 Å². The van der Waals surface area contributed by atoms with Gasteiger partial charge in [0.25, 0.3) is 0 Å². The van der Waals surface area contributed by atoms with Crippen LogP contribution in [0.1, 0.15) is 11.3 Å². The SMILES string of the molecule is Cc1c(N)ccc(N)c1OCc1ccco1. The van der Waals surface area contributed by atoms with Crippen LogP contribution in [0.4, 0.5) is 11.4 Å². The van der Waals surface area contributed by atoms with Crippen LogP contribution in [0.15, 0.2) is 34.9 Å². The Balaban J connectivity index is 2.18. The zero-order valence-electron chi connectivity index (χ0n) is 9.07. The first-order chi connectivity index (χ1) is 7.68. The summed E-state index contributed by atoms with van der Waals surface area (Å²) in [5.74, 6) is 1.37. The van der Waals surface area contributed by atoms with E-state index in [-0.39, 0.29) is 0 Å². The van der Waals surface area contributed by atoms with E-state index in [9.17, 15) is 0 Å². The number of nitrogens with two attached hydrogens (primary N) is 2. The normalized spacial score (nSPS) is 10.3. The van der Waals surface area contributed by atoms with Gasteiger partial charge in [-0.05, 0) is 31.2 Å². The highest BCUT2D eigenvalue weighted by Gasteiger charge is 2.08. The van der Waals surface area contributed by atoms with Gasteiger partial charge in [-0.15, -0.1) is 0 Å². The molecule has 4 nitrogen and oxygen atoms in total. The van der Waals surface area contributed by atoms with Gasteiger partial charge in [0.05, 0.1) is 12.0 Å². The number of benzene rings is 1. The average molecular weight is 218 g/mol. The molecule has 0 fully saturated rings. The molecule has 0 aliphatic heterocycles. The van der Waals surface area contributed by atoms with Crippen LogP contribution >= 0.6 is 0 Å². The predicted molar refractivity (Wildman–Crippen MR) is 63.0 cm³/mol. The lowest BCUT2D eigenvalue weighted by molar-refractivity contribution is 0.270. The van der Waals surface area contributed by atoms with Crippen molar-refractivity contribution in [3.05, 3.63) is 41.9 Å². The predicted octanol–water partition coefficient (Wildman–Crippen LogP) is 2.33. The molecule has 0 saturated heterocycles. The van der Waals surface area contributed by atoms with Crippen LogP contribution in [0.2, 0.25) is 0 Å². The molecular formula is C12H14N2O2. The molecule has 0 bridgehead atoms. The molecule has 16 heavy (non-hydrogen) atoms. The molecule has 1 heterocycles. The van der Waals surface area contributed by atoms with Gasteiger partial charge >= 0.3 is 0 Å². The summed E-state index contributed by atoms with van der Waals surface area (Å²) in [4.78, 5) is 0. The number of ether oxygens (including phenoxy) is 1. The monoisotopic (exact) mass is 218 g/mol. The summed E-state index contributed by atoms with van der Waals surface area (Å²) in [5.41, 5.74) is 13.7. The molecule has 0 aliphatic carbocycles. The molecule has 0 spiro atoms. The van der Waals surface area contributed by atoms with Crippen molar-refractivity contribution in [3.8, 4) is 5.75 Å². The average Bonchev–Trinajstić information content (AvgIpc) is 2.77. The summed E-state index contributed by atoms with van der Waals surface area (Å²) >= 11 is 0. The zero-order valence-corrected chi connectivity index (χ0v) is 9.07. The van der Waals surface area contributed by atoms with E-state index in [1.807, 2.05) is 19.1 Å². The maximum atomic E-state index is 5.82. The van der Waals surface area contributed by atoms with Crippen LogP contribution in [0.25, 0.3) is 0 Å². The minimum atomic E-state index is 0.349. The maximum absolute atomic E-state index is 5.82. The fraction of sp³-hybridized carbons (Fsp3) is 0.167. The highest BCUT2D eigenvalue weighted by molar-refractivity contribution is 5.65. The van der Waals surface area contributed by atoms with Crippen LogP contribution in [0, 0.1) is 6.92 Å². The summed E-state index contributed by atoms with van der Waals surface area (Å²) in [7, 11) is 0. The van der Waals surface area contributed by atoms with Gasteiger partial charge < -0.3 is 20.6 Å². The number of hydrogen-bond acceptors (Lipinski definition) is 4. The van der Waals surface area contributed by atoms with Crippen molar-refractivity contribution in [1.82, 2.24) is 0 Å². The van der Waals surface area contributed by atoms with Crippen molar-refractivity contribution in [2.75, 3.05) is 11.5 Å². The molecule has 0 amide bonds. The quantitative estimate of drug-likeness (QED) is 0.775. The van der Waals surface area contributed by atoms with Crippen molar-refractivity contribution in [2.24, 2.45) is 0 Å². The zero-order chi connectivity index (χ0) is 11.5. The van der Waals surface area contributed by atoms with Gasteiger partial charge in [-0.3, -0.25) is 0 Å². The van der Waals surface area contributed by atoms with Crippen molar-refractivity contribution >= 4 is 11.4 Å². The van der Waals surface area contributed by atoms with Gasteiger partial charge in [0.2, 0.25) is 0 Å². The van der Waals surface area contributed by atoms with E-state index < -0.39 is 0 Å². The Hall–Kier alpha value is -2.10. The van der Waals surface area contributed by atoms with Gasteiger partial charge in [-0.1, -0.05) is 0 Å². The summed E-state index contributed by atoms with van der Waals surface area (Å²) < 4.78 is 10.8. The fourth-order valence-corrected chi connectivity index (χ4v) is 1.46. The Morgan fingerprint density at radius 2 is 1.94 bits per heavy atom. The Labute approximate surface area is 93.8 Å². The van der Waals surface area contributed by atoms with Gasteiger partial charge in [0, 0.05) is 11.3 Å². The van der Waals surface area contributed by atoms with E-state index in [1.54, 1.807) is 18.4 Å². The maximum Gasteiger partial charge on any atom is 0.147 e. The first-order valence-corrected chi connectivity index (χ1v) is 4.98. The lowest BCUT2D eigenvalue weighted by atomic mass is 10.1. The number of rotatable bonds is 3. The molecule has 1 aromatic heterocycles. The van der Waals surface area contributed by atoms with Gasteiger partial charge in [-0.2, -0.15) is 0 Å². The minimum Gasteiger partial charge on any atom is -0.483 e. The molecule has 0 unspecified atom stereocenters. The van der Waals surface area contributed by atoms with E-state index in [4.69, 9.17) is 20.6 Å². The van der Waals surface area contributed by atoms with E-state index in [1.165, 1.54) is 0 Å². The first kappa shape index (κ1) is 10.4. The molecule has 2 aromatic rings. The molecule has 2 rings (SSSR count). The molecule has 0 saturated carbocycles.